The molecule has 0 atom stereocenters. The van der Waals surface area contributed by atoms with Gasteiger partial charge in [-0.3, -0.25) is 9.59 Å². The van der Waals surface area contributed by atoms with E-state index in [9.17, 15) is 19.2 Å². The zero-order chi connectivity index (χ0) is 31.0. The highest BCUT2D eigenvalue weighted by atomic mass is 16.7. The SMILES string of the molecule is CCc1ccc2c(c1)=C(OC(=O)Oc1cccc(C)c1)C(=O)C1=c3ccccc3=C(OC(=O)Oc3cccc(C)c3)C(=O)C=21. The van der Waals surface area contributed by atoms with Gasteiger partial charge < -0.3 is 18.9 Å². The molecule has 218 valence electrons. The molecular formula is C36H26O8. The lowest BCUT2D eigenvalue weighted by Crippen LogP contribution is -2.48. The molecular weight excluding hydrogens is 560 g/mol. The van der Waals surface area contributed by atoms with Gasteiger partial charge in [0.1, 0.15) is 11.5 Å². The van der Waals surface area contributed by atoms with E-state index in [-0.39, 0.29) is 44.6 Å². The van der Waals surface area contributed by atoms with Crippen LogP contribution in [-0.2, 0) is 25.5 Å². The number of carbonyl (C=O) groups excluding carboxylic acids is 4. The van der Waals surface area contributed by atoms with Crippen molar-refractivity contribution in [2.45, 2.75) is 27.2 Å². The Morgan fingerprint density at radius 2 is 1.05 bits per heavy atom. The summed E-state index contributed by atoms with van der Waals surface area (Å²) in [7, 11) is 0. The molecule has 8 heteroatoms. The fourth-order valence-corrected chi connectivity index (χ4v) is 5.29. The highest BCUT2D eigenvalue weighted by molar-refractivity contribution is 6.58. The van der Waals surface area contributed by atoms with E-state index in [0.717, 1.165) is 16.7 Å². The normalized spacial score (nSPS) is 13.5. The molecule has 2 aliphatic carbocycles. The van der Waals surface area contributed by atoms with E-state index in [2.05, 4.69) is 0 Å². The molecule has 0 spiro atoms. The highest BCUT2D eigenvalue weighted by Crippen LogP contribution is 2.27. The number of ketones is 2. The van der Waals surface area contributed by atoms with Crippen LogP contribution in [0.2, 0.25) is 0 Å². The molecule has 0 N–H and O–H groups in total. The summed E-state index contributed by atoms with van der Waals surface area (Å²) in [4.78, 5) is 54.1. The van der Waals surface area contributed by atoms with Gasteiger partial charge in [0.2, 0.25) is 11.6 Å². The van der Waals surface area contributed by atoms with Crippen LogP contribution in [-0.4, -0.2) is 23.9 Å². The van der Waals surface area contributed by atoms with Crippen LogP contribution in [0.25, 0.3) is 22.7 Å². The van der Waals surface area contributed by atoms with E-state index in [1.807, 2.05) is 39.0 Å². The van der Waals surface area contributed by atoms with Crippen molar-refractivity contribution in [3.63, 3.8) is 0 Å². The van der Waals surface area contributed by atoms with Crippen LogP contribution < -0.4 is 30.3 Å². The van der Waals surface area contributed by atoms with Gasteiger partial charge in [-0.1, -0.05) is 67.6 Å². The fourth-order valence-electron chi connectivity index (χ4n) is 5.29. The van der Waals surface area contributed by atoms with Crippen LogP contribution in [0.3, 0.4) is 0 Å². The Labute approximate surface area is 251 Å². The van der Waals surface area contributed by atoms with Crippen LogP contribution in [0.5, 0.6) is 11.5 Å². The van der Waals surface area contributed by atoms with Gasteiger partial charge in [-0.05, 0) is 77.7 Å². The second-order valence-electron chi connectivity index (χ2n) is 10.4. The van der Waals surface area contributed by atoms with Gasteiger partial charge in [0, 0.05) is 21.6 Å². The van der Waals surface area contributed by atoms with Gasteiger partial charge in [-0.25, -0.2) is 9.59 Å². The minimum absolute atomic E-state index is 0.0279. The van der Waals surface area contributed by atoms with Crippen molar-refractivity contribution in [1.29, 1.82) is 0 Å². The van der Waals surface area contributed by atoms with Crippen molar-refractivity contribution >= 4 is 46.5 Å². The summed E-state index contributed by atoms with van der Waals surface area (Å²) >= 11 is 0. The molecule has 0 unspecified atom stereocenters. The Bertz CT molecular complexity index is 2160. The van der Waals surface area contributed by atoms with E-state index < -0.39 is 23.9 Å². The molecule has 6 rings (SSSR count). The van der Waals surface area contributed by atoms with Gasteiger partial charge in [0.05, 0.1) is 0 Å². The number of benzene rings is 4. The van der Waals surface area contributed by atoms with Crippen molar-refractivity contribution in [2.24, 2.45) is 0 Å². The minimum atomic E-state index is -1.10. The second-order valence-corrected chi connectivity index (χ2v) is 10.4. The fraction of sp³-hybridized carbons (Fsp3) is 0.111. The first-order valence-corrected chi connectivity index (χ1v) is 14.0. The first kappa shape index (κ1) is 28.4. The minimum Gasteiger partial charge on any atom is -0.395 e. The van der Waals surface area contributed by atoms with Crippen molar-refractivity contribution < 1.29 is 38.1 Å². The molecule has 0 aliphatic heterocycles. The number of hydrogen-bond donors (Lipinski definition) is 0. The quantitative estimate of drug-likeness (QED) is 0.258. The molecule has 2 aliphatic rings. The van der Waals surface area contributed by atoms with Crippen LogP contribution in [0.15, 0.2) is 91.0 Å². The third-order valence-corrected chi connectivity index (χ3v) is 7.32. The number of fused-ring (bicyclic) bond motifs is 3. The number of aryl methyl sites for hydroxylation is 3. The van der Waals surface area contributed by atoms with Gasteiger partial charge in [0.15, 0.2) is 11.5 Å². The van der Waals surface area contributed by atoms with Crippen molar-refractivity contribution in [3.8, 4) is 11.5 Å². The highest BCUT2D eigenvalue weighted by Gasteiger charge is 2.37. The van der Waals surface area contributed by atoms with Gasteiger partial charge in [0.25, 0.3) is 0 Å². The van der Waals surface area contributed by atoms with E-state index in [4.69, 9.17) is 18.9 Å². The van der Waals surface area contributed by atoms with Gasteiger partial charge in [-0.15, -0.1) is 0 Å². The van der Waals surface area contributed by atoms with E-state index in [1.165, 1.54) is 0 Å². The maximum Gasteiger partial charge on any atom is 0.519 e. The average molecular weight is 587 g/mol. The Morgan fingerprint density at radius 1 is 0.545 bits per heavy atom. The lowest BCUT2D eigenvalue weighted by atomic mass is 9.83. The standard InChI is InChI=1S/C36H26O8/c1-4-22-15-16-26-28(19-22)34(44-36(40)42-24-12-8-10-21(3)18-24)32(38)29-25-13-5-6-14-27(25)33(31(37)30(26)29)43-35(39)41-23-11-7-9-20(2)17-23/h5-19H,4H2,1-3H3. The van der Waals surface area contributed by atoms with E-state index >= 15 is 0 Å². The Morgan fingerprint density at radius 3 is 1.57 bits per heavy atom. The molecule has 0 saturated carbocycles. The van der Waals surface area contributed by atoms with Crippen LogP contribution >= 0.6 is 0 Å². The number of rotatable bonds is 5. The zero-order valence-electron chi connectivity index (χ0n) is 24.1. The zero-order valence-corrected chi connectivity index (χ0v) is 24.1. The van der Waals surface area contributed by atoms with Crippen LogP contribution in [0, 0.1) is 13.8 Å². The summed E-state index contributed by atoms with van der Waals surface area (Å²) < 4.78 is 21.8. The number of hydrogen-bond acceptors (Lipinski definition) is 8. The van der Waals surface area contributed by atoms with E-state index in [1.54, 1.807) is 72.8 Å². The molecule has 4 aromatic carbocycles. The Balaban J connectivity index is 1.49. The third kappa shape index (κ3) is 5.29. The summed E-state index contributed by atoms with van der Waals surface area (Å²) in [5.74, 6) is -1.39. The Kier molecular flexibility index (Phi) is 7.41. The van der Waals surface area contributed by atoms with Crippen molar-refractivity contribution in [3.05, 3.63) is 129 Å². The molecule has 0 radical (unpaired) electrons. The lowest BCUT2D eigenvalue weighted by molar-refractivity contribution is -0.112. The summed E-state index contributed by atoms with van der Waals surface area (Å²) in [6.07, 6.45) is -1.58. The second kappa shape index (κ2) is 11.5. The molecule has 0 aromatic heterocycles. The predicted octanol–water partition coefficient (Wildman–Crippen LogP) is 3.68. The van der Waals surface area contributed by atoms with Gasteiger partial charge >= 0.3 is 12.3 Å². The monoisotopic (exact) mass is 586 g/mol. The molecule has 4 aromatic rings. The van der Waals surface area contributed by atoms with Crippen molar-refractivity contribution in [2.75, 3.05) is 0 Å². The summed E-state index contributed by atoms with van der Waals surface area (Å²) in [6, 6.07) is 25.4. The topological polar surface area (TPSA) is 105 Å². The summed E-state index contributed by atoms with van der Waals surface area (Å²) in [5.41, 5.74) is 2.65. The van der Waals surface area contributed by atoms with E-state index in [0.29, 0.717) is 16.9 Å². The molecule has 0 fully saturated rings. The van der Waals surface area contributed by atoms with Crippen LogP contribution in [0.4, 0.5) is 9.59 Å². The molecule has 0 saturated heterocycles. The molecule has 8 nitrogen and oxygen atoms in total. The molecule has 0 heterocycles. The summed E-state index contributed by atoms with van der Waals surface area (Å²) in [6.45, 7) is 5.63. The Hall–Kier alpha value is -5.76. The first-order chi connectivity index (χ1) is 21.2. The number of Topliss-reactive ketones (excluding diaryl/α,β-unsaturated/α-hetero) is 2. The predicted molar refractivity (Wildman–Crippen MR) is 161 cm³/mol. The third-order valence-electron chi connectivity index (χ3n) is 7.32. The molecule has 0 amide bonds. The average Bonchev–Trinajstić information content (AvgIpc) is 3.00. The van der Waals surface area contributed by atoms with Crippen LogP contribution in [0.1, 0.15) is 23.6 Å². The largest absolute Gasteiger partial charge is 0.519 e. The lowest BCUT2D eigenvalue weighted by Gasteiger charge is -2.22. The smallest absolute Gasteiger partial charge is 0.395 e. The molecule has 44 heavy (non-hydrogen) atoms. The van der Waals surface area contributed by atoms with Crippen molar-refractivity contribution in [1.82, 2.24) is 0 Å². The first-order valence-electron chi connectivity index (χ1n) is 14.0. The van der Waals surface area contributed by atoms with Gasteiger partial charge in [-0.2, -0.15) is 0 Å². The summed E-state index contributed by atoms with van der Waals surface area (Å²) in [5, 5.41) is 1.16. The maximum atomic E-state index is 14.2. The maximum absolute atomic E-state index is 14.2. The number of carbonyl (C=O) groups is 4. The molecule has 0 bridgehead atoms. The number of ether oxygens (including phenoxy) is 4.